The molecule has 4 rings (SSSR count). The average molecular weight is 532 g/mol. The molecule has 0 N–H and O–H groups in total. The number of amides is 4. The van der Waals surface area contributed by atoms with Gasteiger partial charge in [-0.15, -0.1) is 0 Å². The number of benzene rings is 3. The molecule has 0 bridgehead atoms. The highest BCUT2D eigenvalue weighted by Crippen LogP contribution is 2.64. The zero-order valence-electron chi connectivity index (χ0n) is 20.9. The van der Waals surface area contributed by atoms with Crippen molar-refractivity contribution in [3.05, 3.63) is 102 Å². The molecule has 1 unspecified atom stereocenters. The topological polar surface area (TPSA) is 116 Å². The number of likely N-dealkylation sites (N-methyl/N-ethyl adjacent to an activating group) is 1. The Kier molecular flexibility index (Phi) is 7.60. The van der Waals surface area contributed by atoms with Crippen molar-refractivity contribution in [3.8, 4) is 0 Å². The SMILES string of the molecule is COC(=O)C(/C(=C(/[O-])OC)[P+](c1ccccc1)(c1ccccc1)c1ccccc1)N1C(=O)C(=O)N(C)C1=O. The van der Waals surface area contributed by atoms with E-state index in [1.807, 2.05) is 54.6 Å². The van der Waals surface area contributed by atoms with Gasteiger partial charge in [0.25, 0.3) is 0 Å². The van der Waals surface area contributed by atoms with Gasteiger partial charge in [-0.3, -0.25) is 14.5 Å². The first-order valence-corrected chi connectivity index (χ1v) is 13.3. The molecule has 1 atom stereocenters. The Labute approximate surface area is 220 Å². The summed E-state index contributed by atoms with van der Waals surface area (Å²) in [5.74, 6) is -4.37. The minimum atomic E-state index is -3.34. The number of hydrogen-bond donors (Lipinski definition) is 0. The third kappa shape index (κ3) is 4.21. The number of imide groups is 2. The number of ether oxygens (including phenoxy) is 2. The summed E-state index contributed by atoms with van der Waals surface area (Å²) in [6.07, 6.45) is 0. The lowest BCUT2D eigenvalue weighted by Crippen LogP contribution is -2.51. The van der Waals surface area contributed by atoms with E-state index in [9.17, 15) is 24.3 Å². The van der Waals surface area contributed by atoms with Crippen LogP contribution in [0.25, 0.3) is 0 Å². The second-order valence-electron chi connectivity index (χ2n) is 8.30. The monoisotopic (exact) mass is 532 g/mol. The quantitative estimate of drug-likeness (QED) is 0.140. The van der Waals surface area contributed by atoms with Crippen LogP contribution in [-0.4, -0.2) is 60.9 Å². The summed E-state index contributed by atoms with van der Waals surface area (Å²) in [5.41, 5.74) is 0. The van der Waals surface area contributed by atoms with Gasteiger partial charge in [-0.25, -0.2) is 14.5 Å². The van der Waals surface area contributed by atoms with E-state index < -0.39 is 43.1 Å². The standard InChI is InChI=1S/C28H25N2O7P/c1-29-24(31)25(32)30(28(29)35)22(26(33)36-2)23(27(34)37-3)38(19-13-7-4-8-14-19,20-15-9-5-10-16-20)21-17-11-6-12-18-21/h4-18,22H,1-3H3/b27-23+. The van der Waals surface area contributed by atoms with Crippen LogP contribution in [0.15, 0.2) is 102 Å². The van der Waals surface area contributed by atoms with E-state index in [2.05, 4.69) is 0 Å². The summed E-state index contributed by atoms with van der Waals surface area (Å²) in [7, 11) is 0.0167. The lowest BCUT2D eigenvalue weighted by molar-refractivity contribution is -0.354. The highest BCUT2D eigenvalue weighted by atomic mass is 31.2. The molecule has 1 heterocycles. The summed E-state index contributed by atoms with van der Waals surface area (Å²) in [5, 5.41) is 15.7. The van der Waals surface area contributed by atoms with Crippen LogP contribution in [-0.2, 0) is 23.9 Å². The largest absolute Gasteiger partial charge is 0.614 e. The van der Waals surface area contributed by atoms with Crippen molar-refractivity contribution in [1.29, 1.82) is 0 Å². The number of carbonyl (C=O) groups excluding carboxylic acids is 4. The normalized spacial score (nSPS) is 15.3. The van der Waals surface area contributed by atoms with Crippen molar-refractivity contribution in [2.75, 3.05) is 21.3 Å². The number of carbonyl (C=O) groups is 4. The summed E-state index contributed by atoms with van der Waals surface area (Å²) in [6.45, 7) is 0. The summed E-state index contributed by atoms with van der Waals surface area (Å²) in [4.78, 5) is 53.4. The third-order valence-electron chi connectivity index (χ3n) is 6.33. The minimum absolute atomic E-state index is 0.180. The van der Waals surface area contributed by atoms with Crippen LogP contribution in [0, 0.1) is 0 Å². The molecule has 0 radical (unpaired) electrons. The fourth-order valence-electron chi connectivity index (χ4n) is 4.62. The van der Waals surface area contributed by atoms with Crippen LogP contribution < -0.4 is 21.0 Å². The Hall–Kier alpha value is -4.49. The van der Waals surface area contributed by atoms with Gasteiger partial charge in [0.2, 0.25) is 0 Å². The smallest absolute Gasteiger partial charge is 0.337 e. The van der Waals surface area contributed by atoms with E-state index in [0.29, 0.717) is 25.7 Å². The van der Waals surface area contributed by atoms with E-state index in [-0.39, 0.29) is 5.31 Å². The predicted molar refractivity (Wildman–Crippen MR) is 140 cm³/mol. The average Bonchev–Trinajstić information content (AvgIpc) is 3.16. The second kappa shape index (κ2) is 10.9. The molecule has 0 saturated carbocycles. The van der Waals surface area contributed by atoms with Crippen LogP contribution >= 0.6 is 7.26 Å². The lowest BCUT2D eigenvalue weighted by atomic mass is 10.2. The molecule has 0 aromatic heterocycles. The van der Waals surface area contributed by atoms with Gasteiger partial charge >= 0.3 is 23.8 Å². The van der Waals surface area contributed by atoms with E-state index in [1.165, 1.54) is 0 Å². The number of rotatable bonds is 8. The van der Waals surface area contributed by atoms with Gasteiger partial charge in [-0.2, -0.15) is 0 Å². The Morgan fingerprint density at radius 2 is 1.16 bits per heavy atom. The lowest BCUT2D eigenvalue weighted by Gasteiger charge is -2.36. The Morgan fingerprint density at radius 1 is 0.737 bits per heavy atom. The van der Waals surface area contributed by atoms with Crippen LogP contribution in [0.3, 0.4) is 0 Å². The maximum atomic E-state index is 13.9. The number of methoxy groups -OCH3 is 2. The second-order valence-corrected chi connectivity index (χ2v) is 11.7. The van der Waals surface area contributed by atoms with E-state index >= 15 is 0 Å². The molecule has 1 aliphatic rings. The van der Waals surface area contributed by atoms with Gasteiger partial charge in [-0.05, 0) is 43.5 Å². The summed E-state index contributed by atoms with van der Waals surface area (Å²) >= 11 is 0. The van der Waals surface area contributed by atoms with E-state index in [0.717, 1.165) is 21.3 Å². The molecule has 10 heteroatoms. The molecule has 1 saturated heterocycles. The maximum Gasteiger partial charge on any atom is 0.337 e. The maximum absolute atomic E-state index is 13.9. The van der Waals surface area contributed by atoms with Crippen LogP contribution in [0.2, 0.25) is 0 Å². The van der Waals surface area contributed by atoms with Crippen molar-refractivity contribution < 1.29 is 33.8 Å². The number of urea groups is 1. The third-order valence-corrected chi connectivity index (χ3v) is 10.7. The van der Waals surface area contributed by atoms with Gasteiger partial charge in [0, 0.05) is 7.05 Å². The highest BCUT2D eigenvalue weighted by Gasteiger charge is 2.60. The Bertz CT molecular complexity index is 1300. The van der Waals surface area contributed by atoms with Crippen LogP contribution in [0.5, 0.6) is 0 Å². The molecule has 4 amide bonds. The first-order chi connectivity index (χ1) is 18.3. The van der Waals surface area contributed by atoms with Crippen molar-refractivity contribution in [1.82, 2.24) is 9.80 Å². The molecule has 194 valence electrons. The number of nitrogens with zero attached hydrogens (tertiary/aromatic N) is 2. The zero-order valence-corrected chi connectivity index (χ0v) is 21.8. The van der Waals surface area contributed by atoms with Crippen LogP contribution in [0.4, 0.5) is 4.79 Å². The van der Waals surface area contributed by atoms with E-state index in [4.69, 9.17) is 9.47 Å². The highest BCUT2D eigenvalue weighted by molar-refractivity contribution is 7.99. The molecule has 9 nitrogen and oxygen atoms in total. The van der Waals surface area contributed by atoms with E-state index in [1.54, 1.807) is 36.4 Å². The van der Waals surface area contributed by atoms with Gasteiger partial charge in [0.05, 0.1) is 13.1 Å². The van der Waals surface area contributed by atoms with Crippen molar-refractivity contribution in [2.24, 2.45) is 0 Å². The van der Waals surface area contributed by atoms with Gasteiger partial charge in [0.1, 0.15) is 28.5 Å². The number of hydrogen-bond acceptors (Lipinski definition) is 7. The Balaban J connectivity index is 2.20. The zero-order chi connectivity index (χ0) is 27.4. The molecular weight excluding hydrogens is 507 g/mol. The molecule has 1 aliphatic heterocycles. The first-order valence-electron chi connectivity index (χ1n) is 11.5. The first kappa shape index (κ1) is 26.6. The van der Waals surface area contributed by atoms with Crippen molar-refractivity contribution in [2.45, 2.75) is 6.04 Å². The van der Waals surface area contributed by atoms with Crippen molar-refractivity contribution >= 4 is 47.0 Å². The molecule has 0 spiro atoms. The van der Waals surface area contributed by atoms with Crippen molar-refractivity contribution in [3.63, 3.8) is 0 Å². The minimum Gasteiger partial charge on any atom is -0.614 e. The summed E-state index contributed by atoms with van der Waals surface area (Å²) in [6, 6.07) is 24.2. The fraction of sp³-hybridized carbons (Fsp3) is 0.143. The van der Waals surface area contributed by atoms with Gasteiger partial charge in [0.15, 0.2) is 6.04 Å². The molecule has 0 aliphatic carbocycles. The molecule has 1 fully saturated rings. The van der Waals surface area contributed by atoms with Gasteiger partial charge < -0.3 is 14.6 Å². The molecular formula is C28H25N2O7P. The Morgan fingerprint density at radius 3 is 1.47 bits per heavy atom. The summed E-state index contributed by atoms with van der Waals surface area (Å²) < 4.78 is 10.3. The fourth-order valence-corrected chi connectivity index (χ4v) is 9.16. The molecule has 3 aromatic rings. The predicted octanol–water partition coefficient (Wildman–Crippen LogP) is 1.12. The number of esters is 1. The van der Waals surface area contributed by atoms with Crippen LogP contribution in [0.1, 0.15) is 0 Å². The molecule has 3 aromatic carbocycles. The molecule has 38 heavy (non-hydrogen) atoms. The van der Waals surface area contributed by atoms with Gasteiger partial charge in [-0.1, -0.05) is 54.6 Å².